The Morgan fingerprint density at radius 2 is 2.03 bits per heavy atom. The van der Waals surface area contributed by atoms with Crippen LogP contribution in [0.1, 0.15) is 40.7 Å². The van der Waals surface area contributed by atoms with Gasteiger partial charge < -0.3 is 14.2 Å². The molecule has 0 saturated heterocycles. The van der Waals surface area contributed by atoms with Crippen molar-refractivity contribution in [2.75, 3.05) is 14.2 Å². The Morgan fingerprint density at radius 3 is 2.76 bits per heavy atom. The van der Waals surface area contributed by atoms with Crippen LogP contribution in [0.5, 0.6) is 11.8 Å². The summed E-state index contributed by atoms with van der Waals surface area (Å²) in [5.41, 5.74) is 4.11. The second-order valence-electron chi connectivity index (χ2n) is 9.48. The highest BCUT2D eigenvalue weighted by molar-refractivity contribution is 6.32. The molecule has 2 aliphatic rings. The first-order valence-corrected chi connectivity index (χ1v) is 12.8. The van der Waals surface area contributed by atoms with Gasteiger partial charge in [0, 0.05) is 21.8 Å². The lowest BCUT2D eigenvalue weighted by Gasteiger charge is -2.29. The summed E-state index contributed by atoms with van der Waals surface area (Å²) in [7, 11) is 3.07. The Kier molecular flexibility index (Phi) is 7.22. The van der Waals surface area contributed by atoms with Crippen molar-refractivity contribution in [3.05, 3.63) is 106 Å². The van der Waals surface area contributed by atoms with E-state index in [1.54, 1.807) is 25.3 Å². The molecule has 5 rings (SSSR count). The van der Waals surface area contributed by atoms with Crippen LogP contribution in [0.15, 0.2) is 78.1 Å². The van der Waals surface area contributed by atoms with Crippen LogP contribution in [-0.4, -0.2) is 25.2 Å². The highest BCUT2D eigenvalue weighted by atomic mass is 35.5. The number of hydrogen-bond acceptors (Lipinski definition) is 5. The molecule has 1 aromatic heterocycles. The predicted octanol–water partition coefficient (Wildman–Crippen LogP) is 6.50. The number of benzene rings is 2. The molecule has 2 aliphatic carbocycles. The zero-order valence-corrected chi connectivity index (χ0v) is 22.5. The number of aromatic nitrogens is 2. The molecule has 3 atom stereocenters. The molecule has 0 amide bonds. The molecule has 2 aromatic carbocycles. The number of nitrogens with zero attached hydrogens (tertiary/aromatic N) is 2. The lowest BCUT2D eigenvalue weighted by Crippen LogP contribution is -2.19. The van der Waals surface area contributed by atoms with Crippen molar-refractivity contribution in [2.45, 2.75) is 26.2 Å². The number of fused-ring (bicyclic) bond motifs is 1. The summed E-state index contributed by atoms with van der Waals surface area (Å²) >= 11 is 6.69. The van der Waals surface area contributed by atoms with Gasteiger partial charge in [-0.2, -0.15) is 0 Å². The molecule has 3 aromatic rings. The number of aryl methyl sites for hydroxylation is 1. The van der Waals surface area contributed by atoms with E-state index >= 15 is 0 Å². The highest BCUT2D eigenvalue weighted by Gasteiger charge is 2.28. The van der Waals surface area contributed by atoms with E-state index in [9.17, 15) is 4.79 Å². The van der Waals surface area contributed by atoms with Crippen molar-refractivity contribution < 1.29 is 24.0 Å². The molecule has 3 unspecified atom stereocenters. The summed E-state index contributed by atoms with van der Waals surface area (Å²) in [4.78, 5) is 20.8. The van der Waals surface area contributed by atoms with Gasteiger partial charge in [0.15, 0.2) is 0 Å². The molecule has 0 spiro atoms. The largest absolute Gasteiger partial charge is 0.612 e. The van der Waals surface area contributed by atoms with Gasteiger partial charge in [-0.1, -0.05) is 55.0 Å². The van der Waals surface area contributed by atoms with Crippen LogP contribution in [0, 0.1) is 25.0 Å². The Morgan fingerprint density at radius 1 is 1.18 bits per heavy atom. The Labute approximate surface area is 227 Å². The zero-order valence-electron chi connectivity index (χ0n) is 21.7. The second kappa shape index (κ2) is 10.7. The van der Waals surface area contributed by atoms with E-state index in [1.807, 2.05) is 25.1 Å². The molecule has 7 heteroatoms. The highest BCUT2D eigenvalue weighted by Crippen LogP contribution is 2.39. The van der Waals surface area contributed by atoms with E-state index in [0.717, 1.165) is 23.3 Å². The quantitative estimate of drug-likeness (QED) is 0.341. The first kappa shape index (κ1) is 25.6. The van der Waals surface area contributed by atoms with Crippen LogP contribution in [0.3, 0.4) is 0 Å². The van der Waals surface area contributed by atoms with E-state index in [1.165, 1.54) is 12.7 Å². The SMILES string of the molecule is COC(=O)c1cc(Oc2nc3cc(C4C=CC(C5C(OC)=CC=CC5C)=CC4)c(Cl)cc3c#[n+]2)ccc1C. The minimum Gasteiger partial charge on any atom is -0.500 e. The third kappa shape index (κ3) is 5.03. The molecular weight excluding hydrogens is 500 g/mol. The van der Waals surface area contributed by atoms with Crippen LogP contribution in [0.25, 0.3) is 10.9 Å². The molecule has 0 saturated carbocycles. The van der Waals surface area contributed by atoms with Gasteiger partial charge in [-0.25, -0.2) is 4.79 Å². The molecule has 0 N–H and O–H groups in total. The number of carbonyl (C=O) groups excluding carboxylic acids is 1. The standard InChI is InChI=1S/C31H28ClN2O4/c1-18-8-13-23(15-24(18)30(35)37-4)38-31-33-17-22-14-26(32)25(16-27(22)34-31)20-9-11-21(12-10-20)29-19(2)6-5-7-28(29)36-3/h5-9,11-16,19-20,29H,10H2,1-4H3/q+1. The maximum atomic E-state index is 12.0. The van der Waals surface area contributed by atoms with Gasteiger partial charge in [0.1, 0.15) is 16.9 Å². The fraction of sp³-hybridized carbons (Fsp3) is 0.258. The van der Waals surface area contributed by atoms with Crippen molar-refractivity contribution in [3.8, 4) is 11.8 Å². The summed E-state index contributed by atoms with van der Waals surface area (Å²) < 4.78 is 16.4. The van der Waals surface area contributed by atoms with Crippen molar-refractivity contribution in [3.63, 3.8) is 0 Å². The average Bonchev–Trinajstić information content (AvgIpc) is 2.93. The molecule has 38 heavy (non-hydrogen) atoms. The van der Waals surface area contributed by atoms with Crippen molar-refractivity contribution >= 4 is 28.5 Å². The van der Waals surface area contributed by atoms with E-state index in [-0.39, 0.29) is 17.8 Å². The zero-order chi connectivity index (χ0) is 26.8. The number of esters is 1. The maximum absolute atomic E-state index is 12.0. The van der Waals surface area contributed by atoms with E-state index in [0.29, 0.717) is 33.2 Å². The lowest BCUT2D eigenvalue weighted by atomic mass is 9.78. The smallest absolute Gasteiger partial charge is 0.500 e. The summed E-state index contributed by atoms with van der Waals surface area (Å²) in [6.45, 7) is 4.04. The van der Waals surface area contributed by atoms with Crippen LogP contribution in [0.4, 0.5) is 0 Å². The van der Waals surface area contributed by atoms with Crippen molar-refractivity contribution in [1.29, 1.82) is 0 Å². The van der Waals surface area contributed by atoms with Gasteiger partial charge in [0.2, 0.25) is 11.7 Å². The summed E-state index contributed by atoms with van der Waals surface area (Å²) in [6.07, 6.45) is 16.7. The molecule has 0 fully saturated rings. The number of halogens is 1. The first-order chi connectivity index (χ1) is 18.4. The Hall–Kier alpha value is -4.08. The minimum atomic E-state index is -0.431. The summed E-state index contributed by atoms with van der Waals surface area (Å²) in [5, 5.41) is 1.34. The van der Waals surface area contributed by atoms with Crippen LogP contribution >= 0.6 is 11.6 Å². The van der Waals surface area contributed by atoms with Crippen molar-refractivity contribution in [1.82, 2.24) is 4.98 Å². The van der Waals surface area contributed by atoms with Crippen molar-refractivity contribution in [2.24, 2.45) is 11.8 Å². The van der Waals surface area contributed by atoms with Crippen LogP contribution in [0.2, 0.25) is 5.02 Å². The predicted molar refractivity (Wildman–Crippen MR) is 145 cm³/mol. The molecule has 0 bridgehead atoms. The molecule has 192 valence electrons. The number of hydrogen-bond donors (Lipinski definition) is 0. The van der Waals surface area contributed by atoms with Gasteiger partial charge in [0.05, 0.1) is 19.8 Å². The fourth-order valence-corrected chi connectivity index (χ4v) is 5.29. The van der Waals surface area contributed by atoms with E-state index in [2.05, 4.69) is 53.5 Å². The first-order valence-electron chi connectivity index (χ1n) is 12.4. The van der Waals surface area contributed by atoms with Gasteiger partial charge in [-0.05, 0) is 66.3 Å². The van der Waals surface area contributed by atoms with Gasteiger partial charge in [-0.15, -0.1) is 4.98 Å². The van der Waals surface area contributed by atoms with Gasteiger partial charge >= 0.3 is 12.0 Å². The van der Waals surface area contributed by atoms with E-state index < -0.39 is 5.97 Å². The third-order valence-electron chi connectivity index (χ3n) is 7.06. The third-order valence-corrected chi connectivity index (χ3v) is 7.38. The number of methoxy groups -OCH3 is 2. The summed E-state index contributed by atoms with van der Waals surface area (Å²) in [6, 6.07) is 9.10. The molecule has 0 aliphatic heterocycles. The normalized spacial score (nSPS) is 20.4. The molecular formula is C31H28ClN2O4+. The number of carbonyl (C=O) groups is 1. The molecule has 6 nitrogen and oxygen atoms in total. The van der Waals surface area contributed by atoms with Crippen LogP contribution in [-0.2, 0) is 9.47 Å². The number of allylic oxidation sites excluding steroid dienone is 7. The summed E-state index contributed by atoms with van der Waals surface area (Å²) in [5.74, 6) is 1.65. The van der Waals surface area contributed by atoms with Crippen LogP contribution < -0.4 is 9.72 Å². The average molecular weight is 528 g/mol. The molecule has 0 radical (unpaired) electrons. The number of rotatable bonds is 6. The topological polar surface area (TPSA) is 71.8 Å². The minimum absolute atomic E-state index is 0.110. The Balaban J connectivity index is 1.39. The lowest BCUT2D eigenvalue weighted by molar-refractivity contribution is -0.315. The fourth-order valence-electron chi connectivity index (χ4n) is 4.99. The maximum Gasteiger partial charge on any atom is 0.612 e. The monoisotopic (exact) mass is 527 g/mol. The molecule has 1 heterocycles. The van der Waals surface area contributed by atoms with Gasteiger partial charge in [-0.3, -0.25) is 0 Å². The Bertz CT molecular complexity index is 1520. The van der Waals surface area contributed by atoms with E-state index in [4.69, 9.17) is 25.8 Å². The van der Waals surface area contributed by atoms with Gasteiger partial charge in [0.25, 0.3) is 0 Å². The number of ether oxygens (including phenoxy) is 3. The second-order valence-corrected chi connectivity index (χ2v) is 9.89.